The predicted molar refractivity (Wildman–Crippen MR) is 62.9 cm³/mol. The van der Waals surface area contributed by atoms with Crippen LogP contribution in [0.25, 0.3) is 0 Å². The number of ether oxygens (including phenoxy) is 2. The molecule has 1 rings (SSSR count). The summed E-state index contributed by atoms with van der Waals surface area (Å²) in [5, 5.41) is 1.66. The maximum Gasteiger partial charge on any atom is 0.405 e. The van der Waals surface area contributed by atoms with Crippen molar-refractivity contribution in [2.75, 3.05) is 20.3 Å². The van der Waals surface area contributed by atoms with Crippen molar-refractivity contribution in [1.29, 1.82) is 0 Å². The third kappa shape index (κ3) is 5.17. The third-order valence-corrected chi connectivity index (χ3v) is 2.17. The Kier molecular flexibility index (Phi) is 5.36. The first-order valence-electron chi connectivity index (χ1n) is 5.45. The van der Waals surface area contributed by atoms with Gasteiger partial charge in [0, 0.05) is 5.56 Å². The second kappa shape index (κ2) is 6.78. The van der Waals surface area contributed by atoms with Crippen LogP contribution in [0, 0.1) is 0 Å². The normalized spacial score (nSPS) is 10.8. The minimum Gasteiger partial charge on any atom is -0.493 e. The molecule has 0 saturated carbocycles. The van der Waals surface area contributed by atoms with Crippen LogP contribution < -0.4 is 14.8 Å². The molecule has 0 unspecified atom stereocenters. The molecule has 0 aliphatic carbocycles. The summed E-state index contributed by atoms with van der Waals surface area (Å²) in [5.41, 5.74) is 0.288. The lowest BCUT2D eigenvalue weighted by Crippen LogP contribution is -2.36. The van der Waals surface area contributed by atoms with Crippen LogP contribution in [-0.2, 0) is 4.79 Å². The average molecular weight is 291 g/mol. The molecule has 0 heterocycles. The first-order valence-corrected chi connectivity index (χ1v) is 5.45. The fourth-order valence-corrected chi connectivity index (χ4v) is 1.27. The highest BCUT2D eigenvalue weighted by atomic mass is 19.4. The van der Waals surface area contributed by atoms with E-state index in [9.17, 15) is 22.8 Å². The summed E-state index contributed by atoms with van der Waals surface area (Å²) in [6.45, 7) is -2.05. The zero-order valence-corrected chi connectivity index (χ0v) is 10.5. The molecule has 0 aliphatic heterocycles. The van der Waals surface area contributed by atoms with E-state index in [1.165, 1.54) is 25.3 Å². The highest BCUT2D eigenvalue weighted by Gasteiger charge is 2.27. The summed E-state index contributed by atoms with van der Waals surface area (Å²) in [7, 11) is 1.35. The van der Waals surface area contributed by atoms with Gasteiger partial charge in [0.1, 0.15) is 12.8 Å². The molecule has 0 aliphatic rings. The number of aldehydes is 1. The van der Waals surface area contributed by atoms with Gasteiger partial charge in [-0.1, -0.05) is 0 Å². The Labute approximate surface area is 112 Å². The van der Waals surface area contributed by atoms with E-state index in [-0.39, 0.29) is 17.1 Å². The molecule has 1 N–H and O–H groups in total. The highest BCUT2D eigenvalue weighted by molar-refractivity contribution is 5.78. The van der Waals surface area contributed by atoms with E-state index in [4.69, 9.17) is 9.47 Å². The number of carbonyl (C=O) groups excluding carboxylic acids is 2. The Morgan fingerprint density at radius 3 is 2.60 bits per heavy atom. The lowest BCUT2D eigenvalue weighted by Gasteiger charge is -2.12. The lowest BCUT2D eigenvalue weighted by molar-refractivity contribution is -0.139. The quantitative estimate of drug-likeness (QED) is 0.808. The van der Waals surface area contributed by atoms with Crippen LogP contribution in [0.2, 0.25) is 0 Å². The fourth-order valence-electron chi connectivity index (χ4n) is 1.27. The van der Waals surface area contributed by atoms with Crippen molar-refractivity contribution in [3.8, 4) is 11.5 Å². The van der Waals surface area contributed by atoms with E-state index < -0.39 is 25.2 Å². The molecule has 0 fully saturated rings. The average Bonchev–Trinajstić information content (AvgIpc) is 2.41. The van der Waals surface area contributed by atoms with Crippen molar-refractivity contribution >= 4 is 12.2 Å². The molecule has 0 bridgehead atoms. The topological polar surface area (TPSA) is 64.6 Å². The molecule has 20 heavy (non-hydrogen) atoms. The molecule has 1 aromatic rings. The van der Waals surface area contributed by atoms with Crippen LogP contribution in [0.5, 0.6) is 11.5 Å². The van der Waals surface area contributed by atoms with Crippen LogP contribution in [-0.4, -0.2) is 38.6 Å². The number of rotatable bonds is 6. The molecule has 0 spiro atoms. The fraction of sp³-hybridized carbons (Fsp3) is 0.333. The van der Waals surface area contributed by atoms with Crippen LogP contribution >= 0.6 is 0 Å². The van der Waals surface area contributed by atoms with E-state index in [0.29, 0.717) is 6.29 Å². The number of nitrogens with one attached hydrogen (secondary N) is 1. The summed E-state index contributed by atoms with van der Waals surface area (Å²) in [6.07, 6.45) is -3.92. The van der Waals surface area contributed by atoms with Crippen molar-refractivity contribution in [3.63, 3.8) is 0 Å². The second-order valence-electron chi connectivity index (χ2n) is 3.71. The SMILES string of the molecule is COc1ccc(C=O)cc1OCC(=O)NCC(F)(F)F. The van der Waals surface area contributed by atoms with Crippen molar-refractivity contribution in [2.45, 2.75) is 6.18 Å². The van der Waals surface area contributed by atoms with E-state index in [0.717, 1.165) is 0 Å². The van der Waals surface area contributed by atoms with Gasteiger partial charge in [-0.2, -0.15) is 13.2 Å². The van der Waals surface area contributed by atoms with Crippen LogP contribution in [0.4, 0.5) is 13.2 Å². The van der Waals surface area contributed by atoms with Gasteiger partial charge in [-0.25, -0.2) is 0 Å². The number of carbonyl (C=O) groups is 2. The van der Waals surface area contributed by atoms with Gasteiger partial charge in [-0.3, -0.25) is 9.59 Å². The molecule has 8 heteroatoms. The van der Waals surface area contributed by atoms with Crippen LogP contribution in [0.3, 0.4) is 0 Å². The second-order valence-corrected chi connectivity index (χ2v) is 3.71. The molecule has 0 radical (unpaired) electrons. The molecule has 0 saturated heterocycles. The van der Waals surface area contributed by atoms with Gasteiger partial charge in [-0.05, 0) is 18.2 Å². The largest absolute Gasteiger partial charge is 0.493 e. The zero-order chi connectivity index (χ0) is 15.2. The van der Waals surface area contributed by atoms with Crippen LogP contribution in [0.1, 0.15) is 10.4 Å². The van der Waals surface area contributed by atoms with Gasteiger partial charge >= 0.3 is 6.18 Å². The van der Waals surface area contributed by atoms with Crippen LogP contribution in [0.15, 0.2) is 18.2 Å². The van der Waals surface area contributed by atoms with Crippen molar-refractivity contribution in [1.82, 2.24) is 5.32 Å². The Morgan fingerprint density at radius 1 is 1.35 bits per heavy atom. The van der Waals surface area contributed by atoms with Crippen molar-refractivity contribution in [3.05, 3.63) is 23.8 Å². The molecule has 1 aromatic carbocycles. The number of alkyl halides is 3. The van der Waals surface area contributed by atoms with Gasteiger partial charge in [0.15, 0.2) is 18.1 Å². The van der Waals surface area contributed by atoms with Crippen molar-refractivity contribution < 1.29 is 32.2 Å². The summed E-state index contributed by atoms with van der Waals surface area (Å²) in [4.78, 5) is 21.8. The molecule has 110 valence electrons. The Bertz CT molecular complexity index is 488. The monoisotopic (exact) mass is 291 g/mol. The maximum atomic E-state index is 11.9. The summed E-state index contributed by atoms with van der Waals surface area (Å²) in [6, 6.07) is 4.25. The van der Waals surface area contributed by atoms with Gasteiger partial charge in [0.25, 0.3) is 5.91 Å². The van der Waals surface area contributed by atoms with Gasteiger partial charge < -0.3 is 14.8 Å². The molecular weight excluding hydrogens is 279 g/mol. The number of hydrogen-bond donors (Lipinski definition) is 1. The number of benzene rings is 1. The highest BCUT2D eigenvalue weighted by Crippen LogP contribution is 2.27. The molecular formula is C12H12F3NO4. The van der Waals surface area contributed by atoms with E-state index >= 15 is 0 Å². The molecule has 5 nitrogen and oxygen atoms in total. The smallest absolute Gasteiger partial charge is 0.405 e. The van der Waals surface area contributed by atoms with E-state index in [1.54, 1.807) is 5.32 Å². The Balaban J connectivity index is 2.60. The Morgan fingerprint density at radius 2 is 2.05 bits per heavy atom. The first kappa shape index (κ1) is 15.8. The number of amides is 1. The Hall–Kier alpha value is -2.25. The zero-order valence-electron chi connectivity index (χ0n) is 10.5. The van der Waals surface area contributed by atoms with Gasteiger partial charge in [0.2, 0.25) is 0 Å². The first-order chi connectivity index (χ1) is 9.35. The van der Waals surface area contributed by atoms with Gasteiger partial charge in [-0.15, -0.1) is 0 Å². The summed E-state index contributed by atoms with van der Waals surface area (Å²) < 4.78 is 45.6. The lowest BCUT2D eigenvalue weighted by atomic mass is 10.2. The molecule has 1 amide bonds. The summed E-state index contributed by atoms with van der Waals surface area (Å²) >= 11 is 0. The van der Waals surface area contributed by atoms with Gasteiger partial charge in [0.05, 0.1) is 7.11 Å². The predicted octanol–water partition coefficient (Wildman–Crippen LogP) is 1.56. The number of methoxy groups -OCH3 is 1. The molecule has 0 atom stereocenters. The third-order valence-electron chi connectivity index (χ3n) is 2.17. The minimum absolute atomic E-state index is 0.0965. The molecule has 0 aromatic heterocycles. The number of hydrogen-bond acceptors (Lipinski definition) is 4. The standard InChI is InChI=1S/C12H12F3NO4/c1-19-9-3-2-8(5-17)4-10(9)20-6-11(18)16-7-12(13,14)15/h2-5H,6-7H2,1H3,(H,16,18). The van der Waals surface area contributed by atoms with E-state index in [1.807, 2.05) is 0 Å². The minimum atomic E-state index is -4.48. The maximum absolute atomic E-state index is 11.9. The number of halogens is 3. The van der Waals surface area contributed by atoms with E-state index in [2.05, 4.69) is 0 Å². The van der Waals surface area contributed by atoms with Crippen molar-refractivity contribution in [2.24, 2.45) is 0 Å². The summed E-state index contributed by atoms with van der Waals surface area (Å²) in [5.74, 6) is -0.570.